The maximum absolute atomic E-state index is 6.22. The molecule has 0 radical (unpaired) electrons. The van der Waals surface area contributed by atoms with E-state index >= 15 is 0 Å². The molecule has 2 atom stereocenters. The van der Waals surface area contributed by atoms with Crippen molar-refractivity contribution in [3.63, 3.8) is 0 Å². The second kappa shape index (κ2) is 9.07. The highest BCUT2D eigenvalue weighted by Gasteiger charge is 2.37. The minimum Gasteiger partial charge on any atom is -0.488 e. The number of rotatable bonds is 9. The lowest BCUT2D eigenvalue weighted by Crippen LogP contribution is -2.18. The van der Waals surface area contributed by atoms with Crippen LogP contribution in [0.25, 0.3) is 11.1 Å². The van der Waals surface area contributed by atoms with Gasteiger partial charge < -0.3 is 10.1 Å². The molecule has 0 spiro atoms. The van der Waals surface area contributed by atoms with Crippen molar-refractivity contribution < 1.29 is 4.74 Å². The highest BCUT2D eigenvalue weighted by molar-refractivity contribution is 5.71. The smallest absolute Gasteiger partial charge is 0.127 e. The number of unbranched alkanes of at least 4 members (excludes halogenated alkanes) is 1. The lowest BCUT2D eigenvalue weighted by atomic mass is 9.99. The third-order valence-electron chi connectivity index (χ3n) is 5.48. The molecular weight excluding hydrogens is 342 g/mol. The van der Waals surface area contributed by atoms with Crippen LogP contribution in [0.4, 0.5) is 0 Å². The number of nitrogens with one attached hydrogen (secondary N) is 1. The largest absolute Gasteiger partial charge is 0.488 e. The lowest BCUT2D eigenvalue weighted by Gasteiger charge is -2.14. The molecule has 3 aromatic carbocycles. The Morgan fingerprint density at radius 2 is 1.68 bits per heavy atom. The summed E-state index contributed by atoms with van der Waals surface area (Å²) in [4.78, 5) is 0. The lowest BCUT2D eigenvalue weighted by molar-refractivity contribution is 0.307. The predicted molar refractivity (Wildman–Crippen MR) is 117 cm³/mol. The Kier molecular flexibility index (Phi) is 6.08. The van der Waals surface area contributed by atoms with Crippen LogP contribution in [0.5, 0.6) is 5.75 Å². The van der Waals surface area contributed by atoms with E-state index in [-0.39, 0.29) is 0 Å². The Morgan fingerprint density at radius 3 is 2.43 bits per heavy atom. The van der Waals surface area contributed by atoms with Gasteiger partial charge in [-0.2, -0.15) is 0 Å². The Morgan fingerprint density at radius 1 is 0.929 bits per heavy atom. The van der Waals surface area contributed by atoms with E-state index in [0.717, 1.165) is 12.3 Å². The topological polar surface area (TPSA) is 21.3 Å². The highest BCUT2D eigenvalue weighted by atomic mass is 16.5. The molecule has 0 amide bonds. The molecule has 1 aliphatic carbocycles. The van der Waals surface area contributed by atoms with Crippen LogP contribution >= 0.6 is 0 Å². The number of hydrogen-bond donors (Lipinski definition) is 1. The average molecular weight is 372 g/mol. The summed E-state index contributed by atoms with van der Waals surface area (Å²) in [6.07, 6.45) is 3.74. The van der Waals surface area contributed by atoms with Crippen molar-refractivity contribution in [3.05, 3.63) is 90.0 Å². The van der Waals surface area contributed by atoms with E-state index in [4.69, 9.17) is 4.74 Å². The zero-order chi connectivity index (χ0) is 19.2. The Bertz CT molecular complexity index is 875. The van der Waals surface area contributed by atoms with Crippen LogP contribution in [0.3, 0.4) is 0 Å². The van der Waals surface area contributed by atoms with Crippen LogP contribution < -0.4 is 10.1 Å². The molecule has 0 bridgehead atoms. The Labute approximate surface area is 168 Å². The van der Waals surface area contributed by atoms with Gasteiger partial charge in [-0.3, -0.25) is 0 Å². The summed E-state index contributed by atoms with van der Waals surface area (Å²) in [6, 6.07) is 28.3. The van der Waals surface area contributed by atoms with Gasteiger partial charge in [0.1, 0.15) is 12.4 Å². The molecule has 0 saturated heterocycles. The van der Waals surface area contributed by atoms with Crippen LogP contribution in [-0.4, -0.2) is 12.6 Å². The van der Waals surface area contributed by atoms with E-state index in [1.165, 1.54) is 41.5 Å². The van der Waals surface area contributed by atoms with Crippen LogP contribution in [0.2, 0.25) is 0 Å². The summed E-state index contributed by atoms with van der Waals surface area (Å²) >= 11 is 0. The summed E-state index contributed by atoms with van der Waals surface area (Å²) in [5.74, 6) is 1.58. The van der Waals surface area contributed by atoms with E-state index in [2.05, 4.69) is 85.0 Å². The summed E-state index contributed by atoms with van der Waals surface area (Å²) in [6.45, 7) is 3.96. The number of hydrogen-bond acceptors (Lipinski definition) is 2. The fraction of sp³-hybridized carbons (Fsp3) is 0.308. The van der Waals surface area contributed by atoms with Gasteiger partial charge in [-0.15, -0.1) is 0 Å². The second-order valence-electron chi connectivity index (χ2n) is 7.65. The fourth-order valence-electron chi connectivity index (χ4n) is 3.74. The van der Waals surface area contributed by atoms with Gasteiger partial charge in [0.15, 0.2) is 0 Å². The summed E-state index contributed by atoms with van der Waals surface area (Å²) in [5.41, 5.74) is 5.00. The van der Waals surface area contributed by atoms with Gasteiger partial charge in [0.2, 0.25) is 0 Å². The molecule has 4 rings (SSSR count). The maximum atomic E-state index is 6.22. The third-order valence-corrected chi connectivity index (χ3v) is 5.48. The maximum Gasteiger partial charge on any atom is 0.127 e. The Hall–Kier alpha value is -2.58. The first-order chi connectivity index (χ1) is 13.8. The van der Waals surface area contributed by atoms with E-state index < -0.39 is 0 Å². The quantitative estimate of drug-likeness (QED) is 0.454. The monoisotopic (exact) mass is 371 g/mol. The molecule has 1 saturated carbocycles. The van der Waals surface area contributed by atoms with Gasteiger partial charge in [-0.25, -0.2) is 0 Å². The molecule has 1 fully saturated rings. The molecule has 2 nitrogen and oxygen atoms in total. The molecule has 0 unspecified atom stereocenters. The van der Waals surface area contributed by atoms with Crippen LogP contribution in [0, 0.1) is 0 Å². The molecule has 2 heteroatoms. The van der Waals surface area contributed by atoms with Gasteiger partial charge in [-0.05, 0) is 48.2 Å². The van der Waals surface area contributed by atoms with Gasteiger partial charge in [0, 0.05) is 17.5 Å². The van der Waals surface area contributed by atoms with E-state index in [1.54, 1.807) is 0 Å². The van der Waals surface area contributed by atoms with Gasteiger partial charge in [0.05, 0.1) is 0 Å². The van der Waals surface area contributed by atoms with Crippen molar-refractivity contribution in [3.8, 4) is 16.9 Å². The molecule has 28 heavy (non-hydrogen) atoms. The third kappa shape index (κ3) is 4.63. The number of ether oxygens (including phenoxy) is 1. The predicted octanol–water partition coefficient (Wildman–Crippen LogP) is 6.18. The molecule has 144 valence electrons. The minimum absolute atomic E-state index is 0.588. The first-order valence-electron chi connectivity index (χ1n) is 10.4. The van der Waals surface area contributed by atoms with Crippen molar-refractivity contribution in [2.45, 2.75) is 44.8 Å². The molecule has 0 aliphatic heterocycles. The van der Waals surface area contributed by atoms with Crippen LogP contribution in [0.1, 0.15) is 43.2 Å². The second-order valence-corrected chi connectivity index (χ2v) is 7.65. The van der Waals surface area contributed by atoms with Gasteiger partial charge in [0.25, 0.3) is 0 Å². The zero-order valence-corrected chi connectivity index (χ0v) is 16.6. The van der Waals surface area contributed by atoms with E-state index in [0.29, 0.717) is 18.6 Å². The van der Waals surface area contributed by atoms with Crippen molar-refractivity contribution in [2.24, 2.45) is 0 Å². The summed E-state index contributed by atoms with van der Waals surface area (Å²) < 4.78 is 6.22. The standard InChI is InChI=1S/C26H29NO/c1-2-3-16-27-25-18-23(25)22-14-15-26(28-19-20-10-6-4-7-11-20)24(17-22)21-12-8-5-9-13-21/h4-15,17,23,25,27H,2-3,16,18-19H2,1H3/t23-,25+/m0/s1. The fourth-order valence-corrected chi connectivity index (χ4v) is 3.74. The molecule has 1 N–H and O–H groups in total. The first kappa shape index (κ1) is 18.8. The summed E-state index contributed by atoms with van der Waals surface area (Å²) in [5, 5.41) is 3.70. The van der Waals surface area contributed by atoms with E-state index in [1.807, 2.05) is 6.07 Å². The van der Waals surface area contributed by atoms with Crippen LogP contribution in [0.15, 0.2) is 78.9 Å². The SMILES string of the molecule is CCCCN[C@@H]1C[C@H]1c1ccc(OCc2ccccc2)c(-c2ccccc2)c1. The molecule has 0 heterocycles. The van der Waals surface area contributed by atoms with Crippen molar-refractivity contribution >= 4 is 0 Å². The molecule has 0 aromatic heterocycles. The summed E-state index contributed by atoms with van der Waals surface area (Å²) in [7, 11) is 0. The van der Waals surface area contributed by atoms with Crippen molar-refractivity contribution in [2.75, 3.05) is 6.54 Å². The van der Waals surface area contributed by atoms with Gasteiger partial charge >= 0.3 is 0 Å². The minimum atomic E-state index is 0.588. The van der Waals surface area contributed by atoms with Gasteiger partial charge in [-0.1, -0.05) is 80.1 Å². The zero-order valence-electron chi connectivity index (χ0n) is 16.6. The van der Waals surface area contributed by atoms with Crippen molar-refractivity contribution in [1.82, 2.24) is 5.32 Å². The molecule has 3 aromatic rings. The number of benzene rings is 3. The first-order valence-corrected chi connectivity index (χ1v) is 10.4. The van der Waals surface area contributed by atoms with Crippen molar-refractivity contribution in [1.29, 1.82) is 0 Å². The van der Waals surface area contributed by atoms with Crippen LogP contribution in [-0.2, 0) is 6.61 Å². The van der Waals surface area contributed by atoms with E-state index in [9.17, 15) is 0 Å². The molecular formula is C26H29NO. The Balaban J connectivity index is 1.53. The highest BCUT2D eigenvalue weighted by Crippen LogP contribution is 2.43. The average Bonchev–Trinajstić information content (AvgIpc) is 3.53. The normalized spacial score (nSPS) is 18.0. The molecule has 1 aliphatic rings.